The summed E-state index contributed by atoms with van der Waals surface area (Å²) in [6, 6.07) is 18.7. The Morgan fingerprint density at radius 3 is 2.54 bits per heavy atom. The maximum Gasteiger partial charge on any atom is 0.255 e. The summed E-state index contributed by atoms with van der Waals surface area (Å²) in [6.45, 7) is 1.96. The summed E-state index contributed by atoms with van der Waals surface area (Å²) in [6.07, 6.45) is 5.78. The van der Waals surface area contributed by atoms with Crippen LogP contribution in [0.5, 0.6) is 5.75 Å². The van der Waals surface area contributed by atoms with Crippen LogP contribution in [0.3, 0.4) is 0 Å². The van der Waals surface area contributed by atoms with Gasteiger partial charge in [0.2, 0.25) is 0 Å². The van der Waals surface area contributed by atoms with Crippen LogP contribution in [0.25, 0.3) is 12.2 Å². The van der Waals surface area contributed by atoms with Crippen molar-refractivity contribution in [1.29, 1.82) is 0 Å². The fourth-order valence-corrected chi connectivity index (χ4v) is 2.55. The van der Waals surface area contributed by atoms with Crippen LogP contribution < -0.4 is 10.1 Å². The summed E-state index contributed by atoms with van der Waals surface area (Å²) < 4.78 is 5.12. The fourth-order valence-electron chi connectivity index (χ4n) is 2.55. The highest BCUT2D eigenvalue weighted by Crippen LogP contribution is 2.20. The quantitative estimate of drug-likeness (QED) is 0.722. The zero-order valence-electron chi connectivity index (χ0n) is 14.8. The van der Waals surface area contributed by atoms with Crippen LogP contribution >= 0.6 is 0 Å². The topological polar surface area (TPSA) is 51.2 Å². The van der Waals surface area contributed by atoms with Crippen LogP contribution in [0.1, 0.15) is 27.2 Å². The Bertz CT molecular complexity index is 931. The Balaban J connectivity index is 1.79. The van der Waals surface area contributed by atoms with E-state index >= 15 is 0 Å². The Morgan fingerprint density at radius 1 is 1.04 bits per heavy atom. The van der Waals surface area contributed by atoms with Crippen molar-refractivity contribution in [2.75, 3.05) is 12.4 Å². The van der Waals surface area contributed by atoms with E-state index in [0.29, 0.717) is 5.56 Å². The summed E-state index contributed by atoms with van der Waals surface area (Å²) in [5.74, 6) is 0.561. The first kappa shape index (κ1) is 17.4. The monoisotopic (exact) mass is 344 g/mol. The average Bonchev–Trinajstić information content (AvgIpc) is 2.67. The van der Waals surface area contributed by atoms with Gasteiger partial charge in [-0.05, 0) is 60.5 Å². The van der Waals surface area contributed by atoms with E-state index in [2.05, 4.69) is 10.3 Å². The Labute approximate surface area is 153 Å². The van der Waals surface area contributed by atoms with Crippen LogP contribution in [0.2, 0.25) is 0 Å². The molecular weight excluding hydrogens is 324 g/mol. The average molecular weight is 344 g/mol. The number of rotatable bonds is 5. The van der Waals surface area contributed by atoms with E-state index in [0.717, 1.165) is 28.3 Å². The number of para-hydroxylation sites is 1. The number of carbonyl (C=O) groups is 1. The normalized spacial score (nSPS) is 10.7. The van der Waals surface area contributed by atoms with Gasteiger partial charge in [0.25, 0.3) is 5.91 Å². The van der Waals surface area contributed by atoms with Crippen molar-refractivity contribution >= 4 is 23.7 Å². The summed E-state index contributed by atoms with van der Waals surface area (Å²) in [7, 11) is 1.60. The Hall–Kier alpha value is -3.40. The van der Waals surface area contributed by atoms with Gasteiger partial charge in [0.05, 0.1) is 7.11 Å². The number of nitrogens with one attached hydrogen (secondary N) is 1. The number of pyridine rings is 1. The molecule has 130 valence electrons. The molecule has 1 heterocycles. The third kappa shape index (κ3) is 4.36. The van der Waals surface area contributed by atoms with Gasteiger partial charge in [0.15, 0.2) is 0 Å². The molecule has 0 aliphatic heterocycles. The second-order valence-corrected chi connectivity index (χ2v) is 5.83. The summed E-state index contributed by atoms with van der Waals surface area (Å²) in [4.78, 5) is 16.7. The van der Waals surface area contributed by atoms with E-state index in [1.165, 1.54) is 0 Å². The number of hydrogen-bond donors (Lipinski definition) is 1. The number of benzene rings is 2. The predicted molar refractivity (Wildman–Crippen MR) is 105 cm³/mol. The number of nitrogens with zero attached hydrogens (tertiary/aromatic N) is 1. The lowest BCUT2D eigenvalue weighted by Gasteiger charge is -2.09. The molecule has 4 nitrogen and oxygen atoms in total. The van der Waals surface area contributed by atoms with E-state index < -0.39 is 0 Å². The molecule has 4 heteroatoms. The van der Waals surface area contributed by atoms with Gasteiger partial charge >= 0.3 is 0 Å². The minimum Gasteiger partial charge on any atom is -0.497 e. The minimum absolute atomic E-state index is 0.159. The summed E-state index contributed by atoms with van der Waals surface area (Å²) in [5.41, 5.74) is 4.30. The van der Waals surface area contributed by atoms with Gasteiger partial charge in [-0.3, -0.25) is 9.78 Å². The van der Waals surface area contributed by atoms with Crippen molar-refractivity contribution in [2.45, 2.75) is 6.92 Å². The van der Waals surface area contributed by atoms with Crippen molar-refractivity contribution in [3.63, 3.8) is 0 Å². The number of amides is 1. The Kier molecular flexibility index (Phi) is 5.44. The van der Waals surface area contributed by atoms with Crippen LogP contribution in [-0.4, -0.2) is 18.0 Å². The minimum atomic E-state index is -0.159. The molecule has 0 unspecified atom stereocenters. The van der Waals surface area contributed by atoms with Crippen molar-refractivity contribution in [3.05, 3.63) is 89.2 Å². The number of methoxy groups -OCH3 is 1. The van der Waals surface area contributed by atoms with E-state index in [-0.39, 0.29) is 5.91 Å². The molecule has 1 amide bonds. The largest absolute Gasteiger partial charge is 0.497 e. The maximum absolute atomic E-state index is 12.5. The molecule has 26 heavy (non-hydrogen) atoms. The molecule has 0 saturated carbocycles. The van der Waals surface area contributed by atoms with Crippen LogP contribution in [0, 0.1) is 6.92 Å². The summed E-state index contributed by atoms with van der Waals surface area (Å²) in [5, 5.41) is 2.97. The van der Waals surface area contributed by atoms with Crippen molar-refractivity contribution in [2.24, 2.45) is 0 Å². The lowest BCUT2D eigenvalue weighted by Crippen LogP contribution is -2.12. The zero-order valence-corrected chi connectivity index (χ0v) is 14.8. The lowest BCUT2D eigenvalue weighted by atomic mass is 10.1. The van der Waals surface area contributed by atoms with Gasteiger partial charge in [-0.25, -0.2) is 0 Å². The molecule has 0 atom stereocenters. The second-order valence-electron chi connectivity index (χ2n) is 5.83. The SMILES string of the molecule is COc1ccc(C(=O)Nc2ccccc2/C=C/c2ccnc(C)c2)cc1. The molecule has 2 aromatic carbocycles. The maximum atomic E-state index is 12.5. The first-order valence-electron chi connectivity index (χ1n) is 8.31. The van der Waals surface area contributed by atoms with Gasteiger partial charge in [-0.15, -0.1) is 0 Å². The predicted octanol–water partition coefficient (Wildman–Crippen LogP) is 4.82. The molecule has 0 radical (unpaired) electrons. The third-order valence-electron chi connectivity index (χ3n) is 3.94. The van der Waals surface area contributed by atoms with E-state index in [9.17, 15) is 4.79 Å². The molecule has 3 aromatic rings. The standard InChI is InChI=1S/C22H20N2O2/c1-16-15-17(13-14-23-16)7-8-18-5-3-4-6-21(18)24-22(25)19-9-11-20(26-2)12-10-19/h3-15H,1-2H3,(H,24,25)/b8-7+. The van der Waals surface area contributed by atoms with E-state index in [1.807, 2.05) is 55.5 Å². The highest BCUT2D eigenvalue weighted by molar-refractivity contribution is 6.05. The van der Waals surface area contributed by atoms with Gasteiger partial charge in [-0.2, -0.15) is 0 Å². The highest BCUT2D eigenvalue weighted by atomic mass is 16.5. The number of ether oxygens (including phenoxy) is 1. The highest BCUT2D eigenvalue weighted by Gasteiger charge is 2.08. The van der Waals surface area contributed by atoms with Gasteiger partial charge in [-0.1, -0.05) is 30.4 Å². The third-order valence-corrected chi connectivity index (χ3v) is 3.94. The van der Waals surface area contributed by atoms with Gasteiger partial charge in [0.1, 0.15) is 5.75 Å². The molecule has 1 aromatic heterocycles. The lowest BCUT2D eigenvalue weighted by molar-refractivity contribution is 0.102. The second kappa shape index (κ2) is 8.12. The molecule has 0 aliphatic rings. The number of hydrogen-bond acceptors (Lipinski definition) is 3. The Morgan fingerprint density at radius 2 is 1.81 bits per heavy atom. The molecule has 0 aliphatic carbocycles. The number of aromatic nitrogens is 1. The van der Waals surface area contributed by atoms with Crippen LogP contribution in [0.15, 0.2) is 66.9 Å². The number of anilines is 1. The van der Waals surface area contributed by atoms with Crippen LogP contribution in [-0.2, 0) is 0 Å². The van der Waals surface area contributed by atoms with E-state index in [1.54, 1.807) is 37.6 Å². The molecule has 1 N–H and O–H groups in total. The van der Waals surface area contributed by atoms with Crippen molar-refractivity contribution in [1.82, 2.24) is 4.98 Å². The molecular formula is C22H20N2O2. The van der Waals surface area contributed by atoms with E-state index in [4.69, 9.17) is 4.74 Å². The molecule has 0 saturated heterocycles. The van der Waals surface area contributed by atoms with Crippen molar-refractivity contribution < 1.29 is 9.53 Å². The number of aryl methyl sites for hydroxylation is 1. The smallest absolute Gasteiger partial charge is 0.255 e. The molecule has 3 rings (SSSR count). The molecule has 0 fully saturated rings. The molecule has 0 spiro atoms. The first-order chi connectivity index (χ1) is 12.7. The van der Waals surface area contributed by atoms with Crippen LogP contribution in [0.4, 0.5) is 5.69 Å². The van der Waals surface area contributed by atoms with Crippen molar-refractivity contribution in [3.8, 4) is 5.75 Å². The molecule has 0 bridgehead atoms. The van der Waals surface area contributed by atoms with Gasteiger partial charge < -0.3 is 10.1 Å². The number of carbonyl (C=O) groups excluding carboxylic acids is 1. The van der Waals surface area contributed by atoms with Gasteiger partial charge in [0, 0.05) is 23.1 Å². The zero-order chi connectivity index (χ0) is 18.4. The summed E-state index contributed by atoms with van der Waals surface area (Å²) >= 11 is 0. The fraction of sp³-hybridized carbons (Fsp3) is 0.0909. The first-order valence-corrected chi connectivity index (χ1v) is 8.31.